The number of hydrogen-bond acceptors (Lipinski definition) is 5. The maximum atomic E-state index is 12.9. The van der Waals surface area contributed by atoms with Crippen molar-refractivity contribution in [1.82, 2.24) is 4.31 Å². The number of nitrogens with zero attached hydrogens (tertiary/aromatic N) is 1. The van der Waals surface area contributed by atoms with E-state index in [1.165, 1.54) is 0 Å². The quantitative estimate of drug-likeness (QED) is 0.616. The van der Waals surface area contributed by atoms with Crippen LogP contribution in [0.25, 0.3) is 0 Å². The first-order valence-electron chi connectivity index (χ1n) is 8.17. The second-order valence-corrected chi connectivity index (χ2v) is 7.52. The molecule has 0 unspecified atom stereocenters. The summed E-state index contributed by atoms with van der Waals surface area (Å²) in [4.78, 5) is 11.6. The summed E-state index contributed by atoms with van der Waals surface area (Å²) < 4.78 is 72.1. The minimum absolute atomic E-state index is 0.0849. The number of carbonyl (C=O) groups excluding carboxylic acids is 1. The van der Waals surface area contributed by atoms with Crippen LogP contribution in [0, 0.1) is 0 Å². The zero-order valence-electron chi connectivity index (χ0n) is 14.8. The summed E-state index contributed by atoms with van der Waals surface area (Å²) in [5, 5.41) is 0. The van der Waals surface area contributed by atoms with Gasteiger partial charge < -0.3 is 9.47 Å². The number of esters is 1. The Kier molecular flexibility index (Phi) is 7.03. The van der Waals surface area contributed by atoms with Crippen molar-refractivity contribution >= 4 is 16.0 Å². The molecule has 0 aliphatic carbocycles. The van der Waals surface area contributed by atoms with Crippen LogP contribution in [-0.4, -0.2) is 38.2 Å². The third kappa shape index (κ3) is 6.24. The van der Waals surface area contributed by atoms with Crippen LogP contribution < -0.4 is 4.74 Å². The van der Waals surface area contributed by atoms with Crippen molar-refractivity contribution in [2.24, 2.45) is 0 Å². The van der Waals surface area contributed by atoms with Crippen LogP contribution in [0.2, 0.25) is 0 Å². The molecule has 152 valence electrons. The fourth-order valence-corrected chi connectivity index (χ4v) is 3.70. The van der Waals surface area contributed by atoms with Gasteiger partial charge in [0.1, 0.15) is 12.3 Å². The van der Waals surface area contributed by atoms with Gasteiger partial charge >= 0.3 is 12.3 Å². The third-order valence-electron chi connectivity index (χ3n) is 3.51. The van der Waals surface area contributed by atoms with Gasteiger partial charge in [-0.25, -0.2) is 8.42 Å². The lowest BCUT2D eigenvalue weighted by atomic mass is 10.2. The van der Waals surface area contributed by atoms with Crippen LogP contribution in [0.3, 0.4) is 0 Å². The van der Waals surface area contributed by atoms with E-state index in [0.717, 1.165) is 28.6 Å². The summed E-state index contributed by atoms with van der Waals surface area (Å²) in [5.41, 5.74) is 0.632. The standard InChI is InChI=1S/C18H18F3NO5S/c1-2-26-17(23)13-22(12-14-6-4-3-5-7-14)28(24,25)16-10-8-15(9-11-16)27-18(19,20)21/h3-11H,2,12-13H2,1H3. The molecule has 2 aromatic rings. The molecule has 0 atom stereocenters. The maximum absolute atomic E-state index is 12.9. The van der Waals surface area contributed by atoms with Crippen molar-refractivity contribution in [3.05, 3.63) is 60.2 Å². The highest BCUT2D eigenvalue weighted by Gasteiger charge is 2.32. The van der Waals surface area contributed by atoms with Crippen molar-refractivity contribution in [2.45, 2.75) is 24.7 Å². The monoisotopic (exact) mass is 417 g/mol. The fourth-order valence-electron chi connectivity index (χ4n) is 2.33. The number of halogens is 3. The fraction of sp³-hybridized carbons (Fsp3) is 0.278. The summed E-state index contributed by atoms with van der Waals surface area (Å²) in [6.45, 7) is 1.03. The highest BCUT2D eigenvalue weighted by atomic mass is 32.2. The molecule has 2 rings (SSSR count). The Balaban J connectivity index is 2.29. The summed E-state index contributed by atoms with van der Waals surface area (Å²) in [6.07, 6.45) is -4.89. The molecule has 28 heavy (non-hydrogen) atoms. The van der Waals surface area contributed by atoms with E-state index in [1.54, 1.807) is 37.3 Å². The molecule has 0 saturated carbocycles. The van der Waals surface area contributed by atoms with Gasteiger partial charge in [-0.05, 0) is 36.8 Å². The van der Waals surface area contributed by atoms with Crippen molar-refractivity contribution in [3.8, 4) is 5.75 Å². The predicted octanol–water partition coefficient (Wildman–Crippen LogP) is 3.34. The van der Waals surface area contributed by atoms with Crippen molar-refractivity contribution in [3.63, 3.8) is 0 Å². The van der Waals surface area contributed by atoms with E-state index in [0.29, 0.717) is 5.56 Å². The summed E-state index contributed by atoms with van der Waals surface area (Å²) in [7, 11) is -4.18. The Bertz CT molecular complexity index is 884. The number of carbonyl (C=O) groups is 1. The smallest absolute Gasteiger partial charge is 0.465 e. The molecule has 0 N–H and O–H groups in total. The van der Waals surface area contributed by atoms with Gasteiger partial charge in [0.2, 0.25) is 10.0 Å². The first-order chi connectivity index (χ1) is 13.1. The van der Waals surface area contributed by atoms with Crippen molar-refractivity contribution < 1.29 is 35.9 Å². The minimum Gasteiger partial charge on any atom is -0.465 e. The molecular weight excluding hydrogens is 399 g/mol. The number of rotatable bonds is 8. The third-order valence-corrected chi connectivity index (χ3v) is 5.31. The molecular formula is C18H18F3NO5S. The molecule has 0 saturated heterocycles. The van der Waals surface area contributed by atoms with Crippen molar-refractivity contribution in [2.75, 3.05) is 13.2 Å². The maximum Gasteiger partial charge on any atom is 0.573 e. The van der Waals surface area contributed by atoms with Crippen LogP contribution in [0.15, 0.2) is 59.5 Å². The lowest BCUT2D eigenvalue weighted by molar-refractivity contribution is -0.274. The molecule has 0 spiro atoms. The predicted molar refractivity (Wildman–Crippen MR) is 93.8 cm³/mol. The van der Waals surface area contributed by atoms with E-state index in [-0.39, 0.29) is 18.0 Å². The molecule has 0 amide bonds. The summed E-state index contributed by atoms with van der Waals surface area (Å²) in [5.74, 6) is -1.29. The summed E-state index contributed by atoms with van der Waals surface area (Å²) >= 11 is 0. The van der Waals surface area contributed by atoms with Gasteiger partial charge in [0.25, 0.3) is 0 Å². The van der Waals surface area contributed by atoms with Gasteiger partial charge in [-0.1, -0.05) is 30.3 Å². The average molecular weight is 417 g/mol. The molecule has 0 aliphatic rings. The van der Waals surface area contributed by atoms with E-state index >= 15 is 0 Å². The SMILES string of the molecule is CCOC(=O)CN(Cc1ccccc1)S(=O)(=O)c1ccc(OC(F)(F)F)cc1. The Hall–Kier alpha value is -2.59. The van der Waals surface area contributed by atoms with E-state index in [1.807, 2.05) is 0 Å². The molecule has 10 heteroatoms. The summed E-state index contributed by atoms with van der Waals surface area (Å²) in [6, 6.07) is 12.3. The van der Waals surface area contributed by atoms with Gasteiger partial charge in [-0.3, -0.25) is 4.79 Å². The van der Waals surface area contributed by atoms with Crippen molar-refractivity contribution in [1.29, 1.82) is 0 Å². The second-order valence-electron chi connectivity index (χ2n) is 5.58. The van der Waals surface area contributed by atoms with E-state index < -0.39 is 34.6 Å². The van der Waals surface area contributed by atoms with Gasteiger partial charge in [0, 0.05) is 6.54 Å². The molecule has 0 aliphatic heterocycles. The number of hydrogen-bond donors (Lipinski definition) is 0. The highest BCUT2D eigenvalue weighted by Crippen LogP contribution is 2.25. The first kappa shape index (κ1) is 21.7. The van der Waals surface area contributed by atoms with Gasteiger partial charge in [-0.2, -0.15) is 4.31 Å². The Morgan fingerprint density at radius 1 is 1.04 bits per heavy atom. The largest absolute Gasteiger partial charge is 0.573 e. The van der Waals surface area contributed by atoms with Crippen LogP contribution in [0.1, 0.15) is 12.5 Å². The molecule has 0 fully saturated rings. The average Bonchev–Trinajstić information content (AvgIpc) is 2.61. The zero-order valence-corrected chi connectivity index (χ0v) is 15.7. The highest BCUT2D eigenvalue weighted by molar-refractivity contribution is 7.89. The molecule has 0 bridgehead atoms. The Labute approximate surface area is 160 Å². The van der Waals surface area contributed by atoms with E-state index in [4.69, 9.17) is 4.74 Å². The van der Waals surface area contributed by atoms with Crippen LogP contribution >= 0.6 is 0 Å². The second kappa shape index (κ2) is 9.07. The molecule has 0 heterocycles. The first-order valence-corrected chi connectivity index (χ1v) is 9.61. The van der Waals surface area contributed by atoms with Gasteiger partial charge in [-0.15, -0.1) is 13.2 Å². The molecule has 6 nitrogen and oxygen atoms in total. The number of benzene rings is 2. The van der Waals surface area contributed by atoms with E-state index in [2.05, 4.69) is 4.74 Å². The Morgan fingerprint density at radius 2 is 1.64 bits per heavy atom. The minimum atomic E-state index is -4.89. The zero-order chi connectivity index (χ0) is 20.8. The molecule has 2 aromatic carbocycles. The number of alkyl halides is 3. The number of sulfonamides is 1. The topological polar surface area (TPSA) is 72.9 Å². The lowest BCUT2D eigenvalue weighted by Gasteiger charge is -2.21. The molecule has 0 radical (unpaired) electrons. The van der Waals surface area contributed by atoms with Crippen LogP contribution in [0.5, 0.6) is 5.75 Å². The Morgan fingerprint density at radius 3 is 2.18 bits per heavy atom. The lowest BCUT2D eigenvalue weighted by Crippen LogP contribution is -2.36. The van der Waals surface area contributed by atoms with Gasteiger partial charge in [0.05, 0.1) is 11.5 Å². The van der Waals surface area contributed by atoms with E-state index in [9.17, 15) is 26.4 Å². The normalized spacial score (nSPS) is 12.0. The number of ether oxygens (including phenoxy) is 2. The van der Waals surface area contributed by atoms with Crippen LogP contribution in [-0.2, 0) is 26.1 Å². The van der Waals surface area contributed by atoms with Crippen LogP contribution in [0.4, 0.5) is 13.2 Å². The molecule has 0 aromatic heterocycles. The van der Waals surface area contributed by atoms with Gasteiger partial charge in [0.15, 0.2) is 0 Å².